The molecule has 7 heteroatoms. The topological polar surface area (TPSA) is 107 Å². The molecule has 0 bridgehead atoms. The summed E-state index contributed by atoms with van der Waals surface area (Å²) in [5.41, 5.74) is 0.258. The van der Waals surface area contributed by atoms with Crippen molar-refractivity contribution in [3.8, 4) is 0 Å². The molecule has 1 fully saturated rings. The fourth-order valence-corrected chi connectivity index (χ4v) is 2.57. The fraction of sp³-hybridized carbons (Fsp3) is 0.643. The van der Waals surface area contributed by atoms with Gasteiger partial charge in [0, 0.05) is 6.54 Å². The van der Waals surface area contributed by atoms with Crippen molar-refractivity contribution < 1.29 is 14.7 Å². The minimum Gasteiger partial charge on any atom is -0.394 e. The number of aliphatic hydroxyl groups excluding tert-OH is 1. The van der Waals surface area contributed by atoms with Crippen LogP contribution in [0, 0.1) is 5.92 Å². The molecule has 1 aliphatic rings. The summed E-state index contributed by atoms with van der Waals surface area (Å²) in [7, 11) is 0. The van der Waals surface area contributed by atoms with Gasteiger partial charge in [0.2, 0.25) is 5.91 Å². The van der Waals surface area contributed by atoms with Crippen molar-refractivity contribution in [3.05, 3.63) is 18.2 Å². The molecule has 1 aromatic heterocycles. The number of amides is 2. The van der Waals surface area contributed by atoms with E-state index in [1.165, 1.54) is 31.8 Å². The van der Waals surface area contributed by atoms with Crippen LogP contribution < -0.4 is 10.6 Å². The first-order chi connectivity index (χ1) is 10.2. The van der Waals surface area contributed by atoms with Crippen LogP contribution in [0.1, 0.15) is 42.6 Å². The Morgan fingerprint density at radius 1 is 1.38 bits per heavy atom. The lowest BCUT2D eigenvalue weighted by atomic mass is 9.89. The number of aromatic amines is 1. The SMILES string of the molecule is O=C(NC(CO)C(=O)NCC1CCCCC1)c1cnc[nH]1. The summed E-state index contributed by atoms with van der Waals surface area (Å²) in [5, 5.41) is 14.6. The van der Waals surface area contributed by atoms with Gasteiger partial charge in [-0.1, -0.05) is 19.3 Å². The minimum absolute atomic E-state index is 0.258. The average Bonchev–Trinajstić information content (AvgIpc) is 3.05. The second-order valence-electron chi connectivity index (χ2n) is 5.42. The van der Waals surface area contributed by atoms with Gasteiger partial charge >= 0.3 is 0 Å². The first-order valence-electron chi connectivity index (χ1n) is 7.38. The van der Waals surface area contributed by atoms with E-state index in [1.807, 2.05) is 0 Å². The molecule has 1 aliphatic carbocycles. The van der Waals surface area contributed by atoms with Gasteiger partial charge in [-0.05, 0) is 18.8 Å². The summed E-state index contributed by atoms with van der Waals surface area (Å²) in [6.45, 7) is 0.172. The Hall–Kier alpha value is -1.89. The smallest absolute Gasteiger partial charge is 0.270 e. The summed E-state index contributed by atoms with van der Waals surface area (Å²) in [6.07, 6.45) is 8.69. The molecule has 0 aliphatic heterocycles. The Bertz CT molecular complexity index is 455. The van der Waals surface area contributed by atoms with Gasteiger partial charge in [-0.15, -0.1) is 0 Å². The minimum atomic E-state index is -0.940. The van der Waals surface area contributed by atoms with Gasteiger partial charge in [0.05, 0.1) is 19.1 Å². The summed E-state index contributed by atoms with van der Waals surface area (Å²) in [5.74, 6) is -0.305. The molecule has 0 radical (unpaired) electrons. The number of nitrogens with one attached hydrogen (secondary N) is 3. The molecule has 1 aromatic rings. The van der Waals surface area contributed by atoms with Crippen molar-refractivity contribution >= 4 is 11.8 Å². The summed E-state index contributed by atoms with van der Waals surface area (Å²) in [6, 6.07) is -0.940. The van der Waals surface area contributed by atoms with Crippen molar-refractivity contribution in [3.63, 3.8) is 0 Å². The maximum absolute atomic E-state index is 12.0. The summed E-state index contributed by atoms with van der Waals surface area (Å²) < 4.78 is 0. The zero-order valence-corrected chi connectivity index (χ0v) is 12.0. The van der Waals surface area contributed by atoms with Crippen LogP contribution in [-0.2, 0) is 4.79 Å². The molecular weight excluding hydrogens is 272 g/mol. The maximum Gasteiger partial charge on any atom is 0.270 e. The third-order valence-corrected chi connectivity index (χ3v) is 3.84. The molecule has 4 N–H and O–H groups in total. The number of imidazole rings is 1. The van der Waals surface area contributed by atoms with E-state index < -0.39 is 18.6 Å². The number of aliphatic hydroxyl groups is 1. The predicted octanol–water partition coefficient (Wildman–Crippen LogP) is 0.197. The molecule has 1 atom stereocenters. The van der Waals surface area contributed by atoms with Crippen LogP contribution in [0.3, 0.4) is 0 Å². The Labute approximate surface area is 123 Å². The largest absolute Gasteiger partial charge is 0.394 e. The van der Waals surface area contributed by atoms with Gasteiger partial charge in [0.25, 0.3) is 5.91 Å². The number of hydrogen-bond acceptors (Lipinski definition) is 4. The van der Waals surface area contributed by atoms with E-state index in [-0.39, 0.29) is 11.6 Å². The van der Waals surface area contributed by atoms with Crippen LogP contribution in [0.5, 0.6) is 0 Å². The Balaban J connectivity index is 1.79. The van der Waals surface area contributed by atoms with Gasteiger partial charge in [0.15, 0.2) is 0 Å². The van der Waals surface area contributed by atoms with Gasteiger partial charge in [-0.3, -0.25) is 9.59 Å². The maximum atomic E-state index is 12.0. The van der Waals surface area contributed by atoms with Crippen LogP contribution in [0.4, 0.5) is 0 Å². The Kier molecular flexibility index (Phi) is 5.74. The average molecular weight is 294 g/mol. The lowest BCUT2D eigenvalue weighted by Gasteiger charge is -2.23. The van der Waals surface area contributed by atoms with E-state index in [0.29, 0.717) is 12.5 Å². The normalized spacial score (nSPS) is 17.2. The first kappa shape index (κ1) is 15.5. The molecule has 21 heavy (non-hydrogen) atoms. The van der Waals surface area contributed by atoms with E-state index >= 15 is 0 Å². The first-order valence-corrected chi connectivity index (χ1v) is 7.38. The number of nitrogens with zero attached hydrogens (tertiary/aromatic N) is 1. The highest BCUT2D eigenvalue weighted by atomic mass is 16.3. The standard InChI is InChI=1S/C14H22N4O3/c19-8-12(18-14(21)11-7-15-9-17-11)13(20)16-6-10-4-2-1-3-5-10/h7,9-10,12,19H,1-6,8H2,(H,15,17)(H,16,20)(H,18,21). The van der Waals surface area contributed by atoms with Crippen LogP contribution >= 0.6 is 0 Å². The molecule has 2 rings (SSSR count). The number of rotatable bonds is 6. The zero-order valence-electron chi connectivity index (χ0n) is 12.0. The van der Waals surface area contributed by atoms with Crippen molar-refractivity contribution in [2.24, 2.45) is 5.92 Å². The van der Waals surface area contributed by atoms with E-state index in [1.54, 1.807) is 0 Å². The molecule has 0 saturated heterocycles. The Morgan fingerprint density at radius 3 is 2.76 bits per heavy atom. The van der Waals surface area contributed by atoms with Crippen molar-refractivity contribution in [2.75, 3.05) is 13.2 Å². The van der Waals surface area contributed by atoms with Crippen LogP contribution in [-0.4, -0.2) is 46.1 Å². The molecule has 0 aromatic carbocycles. The lowest BCUT2D eigenvalue weighted by molar-refractivity contribution is -0.124. The second-order valence-corrected chi connectivity index (χ2v) is 5.42. The molecule has 1 heterocycles. The highest BCUT2D eigenvalue weighted by Crippen LogP contribution is 2.22. The molecule has 7 nitrogen and oxygen atoms in total. The second kappa shape index (κ2) is 7.78. The monoisotopic (exact) mass is 294 g/mol. The number of carbonyl (C=O) groups is 2. The van der Waals surface area contributed by atoms with E-state index in [2.05, 4.69) is 20.6 Å². The quantitative estimate of drug-likeness (QED) is 0.601. The van der Waals surface area contributed by atoms with E-state index in [0.717, 1.165) is 12.8 Å². The van der Waals surface area contributed by atoms with Crippen molar-refractivity contribution in [2.45, 2.75) is 38.1 Å². The highest BCUT2D eigenvalue weighted by Gasteiger charge is 2.22. The van der Waals surface area contributed by atoms with E-state index in [4.69, 9.17) is 0 Å². The number of carbonyl (C=O) groups excluding carboxylic acids is 2. The molecule has 1 saturated carbocycles. The molecular formula is C14H22N4O3. The fourth-order valence-electron chi connectivity index (χ4n) is 2.57. The van der Waals surface area contributed by atoms with Crippen LogP contribution in [0.25, 0.3) is 0 Å². The molecule has 2 amide bonds. The summed E-state index contributed by atoms with van der Waals surface area (Å²) >= 11 is 0. The number of hydrogen-bond donors (Lipinski definition) is 4. The van der Waals surface area contributed by atoms with Gasteiger partial charge in [-0.2, -0.15) is 0 Å². The molecule has 0 spiro atoms. The van der Waals surface area contributed by atoms with Crippen molar-refractivity contribution in [1.82, 2.24) is 20.6 Å². The third kappa shape index (κ3) is 4.56. The Morgan fingerprint density at radius 2 is 2.14 bits per heavy atom. The van der Waals surface area contributed by atoms with Crippen LogP contribution in [0.2, 0.25) is 0 Å². The summed E-state index contributed by atoms with van der Waals surface area (Å²) in [4.78, 5) is 30.2. The van der Waals surface area contributed by atoms with Crippen molar-refractivity contribution in [1.29, 1.82) is 0 Å². The number of H-pyrrole nitrogens is 1. The lowest BCUT2D eigenvalue weighted by Crippen LogP contribution is -2.49. The van der Waals surface area contributed by atoms with Crippen LogP contribution in [0.15, 0.2) is 12.5 Å². The predicted molar refractivity (Wildman–Crippen MR) is 76.5 cm³/mol. The molecule has 116 valence electrons. The van der Waals surface area contributed by atoms with Gasteiger partial charge < -0.3 is 20.7 Å². The number of aromatic nitrogens is 2. The van der Waals surface area contributed by atoms with Gasteiger partial charge in [-0.25, -0.2) is 4.98 Å². The zero-order chi connectivity index (χ0) is 15.1. The highest BCUT2D eigenvalue weighted by molar-refractivity contribution is 5.95. The third-order valence-electron chi connectivity index (χ3n) is 3.84. The van der Waals surface area contributed by atoms with E-state index in [9.17, 15) is 14.7 Å². The molecule has 1 unspecified atom stereocenters. The van der Waals surface area contributed by atoms with Gasteiger partial charge in [0.1, 0.15) is 11.7 Å².